The largest absolute Gasteiger partial charge is 0.396 e. The first-order valence-corrected chi connectivity index (χ1v) is 22.3. The van der Waals surface area contributed by atoms with Crippen molar-refractivity contribution in [2.45, 2.75) is 127 Å². The molecule has 0 bridgehead atoms. The summed E-state index contributed by atoms with van der Waals surface area (Å²) in [5.41, 5.74) is 2.63. The van der Waals surface area contributed by atoms with Gasteiger partial charge in [0.25, 0.3) is 11.1 Å². The molecule has 0 spiro atoms. The number of nitrogens with zero attached hydrogens (tertiary/aromatic N) is 4. The fourth-order valence-electron chi connectivity index (χ4n) is 10.9. The van der Waals surface area contributed by atoms with Gasteiger partial charge in [0, 0.05) is 96.4 Å². The van der Waals surface area contributed by atoms with E-state index in [0.717, 1.165) is 75.6 Å². The molecule has 60 heavy (non-hydrogen) atoms. The lowest BCUT2D eigenvalue weighted by molar-refractivity contribution is -0.143. The Balaban J connectivity index is 0.000000154. The smallest absolute Gasteiger partial charge is 0.258 e. The van der Waals surface area contributed by atoms with E-state index in [-0.39, 0.29) is 108 Å². The van der Waals surface area contributed by atoms with Crippen LogP contribution in [0, 0.1) is 35.5 Å². The van der Waals surface area contributed by atoms with Gasteiger partial charge in [0.2, 0.25) is 23.6 Å². The molecule has 4 saturated carbocycles. The highest BCUT2D eigenvalue weighted by Gasteiger charge is 2.60. The number of allylic oxidation sites excluding steroid dienone is 2. The minimum atomic E-state index is -0.669. The van der Waals surface area contributed by atoms with Crippen LogP contribution in [0.3, 0.4) is 0 Å². The van der Waals surface area contributed by atoms with Gasteiger partial charge in [-0.1, -0.05) is 24.3 Å². The maximum atomic E-state index is 13.3. The minimum absolute atomic E-state index is 0.00635. The van der Waals surface area contributed by atoms with Crippen LogP contribution < -0.4 is 21.8 Å². The van der Waals surface area contributed by atoms with Crippen LogP contribution in [0.2, 0.25) is 0 Å². The van der Waals surface area contributed by atoms with Crippen molar-refractivity contribution in [1.29, 1.82) is 0 Å². The molecular weight excluding hydrogens is 765 g/mol. The number of hydrogen-bond donors (Lipinski definition) is 4. The Morgan fingerprint density at radius 1 is 0.617 bits per heavy atom. The third-order valence-electron chi connectivity index (χ3n) is 14.7. The van der Waals surface area contributed by atoms with Crippen molar-refractivity contribution in [2.24, 2.45) is 35.5 Å². The summed E-state index contributed by atoms with van der Waals surface area (Å²) < 4.78 is 3.47. The number of fused-ring (bicyclic) bond motifs is 6. The molecule has 8 aliphatic rings. The second-order valence-corrected chi connectivity index (χ2v) is 18.4. The Hall–Kier alpha value is -4.82. The lowest BCUT2D eigenvalue weighted by atomic mass is 9.87. The Kier molecular flexibility index (Phi) is 11.0. The van der Waals surface area contributed by atoms with Gasteiger partial charge in [0.05, 0.1) is 12.1 Å². The minimum Gasteiger partial charge on any atom is -0.396 e. The maximum Gasteiger partial charge on any atom is 0.258 e. The number of carbonyl (C=O) groups is 4. The average molecular weight is 823 g/mol. The highest BCUT2D eigenvalue weighted by atomic mass is 16.3. The first-order chi connectivity index (χ1) is 29.1. The van der Waals surface area contributed by atoms with Crippen LogP contribution in [0.5, 0.6) is 0 Å². The fraction of sp³-hybridized carbons (Fsp3) is 0.609. The summed E-state index contributed by atoms with van der Waals surface area (Å²) in [4.78, 5) is 82.5. The predicted octanol–water partition coefficient (Wildman–Crippen LogP) is 2.90. The third kappa shape index (κ3) is 6.87. The number of pyridine rings is 2. The van der Waals surface area contributed by atoms with E-state index in [2.05, 4.69) is 10.6 Å². The summed E-state index contributed by atoms with van der Waals surface area (Å²) in [6.45, 7) is 4.24. The molecule has 0 unspecified atom stereocenters. The van der Waals surface area contributed by atoms with E-state index in [0.29, 0.717) is 24.2 Å². The molecule has 0 radical (unpaired) electrons. The summed E-state index contributed by atoms with van der Waals surface area (Å²) in [5, 5.41) is 26.7. The van der Waals surface area contributed by atoms with E-state index in [9.17, 15) is 39.0 Å². The van der Waals surface area contributed by atoms with Gasteiger partial charge in [0.1, 0.15) is 12.1 Å². The monoisotopic (exact) mass is 822 g/mol. The number of aliphatic hydroxyl groups excluding tert-OH is 2. The molecule has 2 aromatic rings. The van der Waals surface area contributed by atoms with E-state index in [1.54, 1.807) is 43.2 Å². The SMILES string of the molecule is C/C=C/c1ccc2n(c1=O)C[C@H]1[C@H](CO)[C@@H](C(=O)NC3CCC3)N(C(=O)C3CC3)[C@@H]21.C/C=C\c1ccc2n(c1=O)C[C@H]1[C@H](CO)[C@@H](C(=O)NC3CCC3)N(C(=O)C3CC3)[C@@H]21. The van der Waals surface area contributed by atoms with Gasteiger partial charge in [-0.2, -0.15) is 0 Å². The number of likely N-dealkylation sites (tertiary alicyclic amines) is 2. The van der Waals surface area contributed by atoms with E-state index in [4.69, 9.17) is 0 Å². The number of carbonyl (C=O) groups excluding carboxylic acids is 4. The Labute approximate surface area is 349 Å². The zero-order valence-electron chi connectivity index (χ0n) is 34.6. The molecule has 4 aliphatic heterocycles. The number of nitrogens with one attached hydrogen (secondary N) is 2. The zero-order valence-corrected chi connectivity index (χ0v) is 34.6. The number of amides is 4. The number of aromatic nitrogens is 2. The van der Waals surface area contributed by atoms with E-state index >= 15 is 0 Å². The molecule has 8 atom stereocenters. The van der Waals surface area contributed by atoms with Crippen LogP contribution in [0.15, 0.2) is 46.0 Å². The number of hydrogen-bond acceptors (Lipinski definition) is 8. The van der Waals surface area contributed by atoms with Crippen molar-refractivity contribution in [3.8, 4) is 0 Å². The number of rotatable bonds is 10. The third-order valence-corrected chi connectivity index (χ3v) is 14.7. The highest BCUT2D eigenvalue weighted by Crippen LogP contribution is 2.53. The van der Waals surface area contributed by atoms with Crippen LogP contribution >= 0.6 is 0 Å². The van der Waals surface area contributed by atoms with E-state index < -0.39 is 12.1 Å². The second-order valence-electron chi connectivity index (χ2n) is 18.4. The van der Waals surface area contributed by atoms with Crippen molar-refractivity contribution in [3.63, 3.8) is 0 Å². The average Bonchev–Trinajstić information content (AvgIpc) is 4.12. The summed E-state index contributed by atoms with van der Waals surface area (Å²) in [6, 6.07) is 5.76. The van der Waals surface area contributed by atoms with Crippen molar-refractivity contribution in [1.82, 2.24) is 29.6 Å². The van der Waals surface area contributed by atoms with Crippen LogP contribution in [-0.4, -0.2) is 90.2 Å². The van der Waals surface area contributed by atoms with E-state index in [1.165, 1.54) is 0 Å². The molecule has 2 saturated heterocycles. The molecule has 2 aromatic heterocycles. The summed E-state index contributed by atoms with van der Waals surface area (Å²) in [6.07, 6.45) is 16.7. The first kappa shape index (κ1) is 40.6. The summed E-state index contributed by atoms with van der Waals surface area (Å²) >= 11 is 0. The normalized spacial score (nSPS) is 30.3. The quantitative estimate of drug-likeness (QED) is 0.282. The first-order valence-electron chi connectivity index (χ1n) is 22.3. The van der Waals surface area contributed by atoms with Crippen LogP contribution in [-0.2, 0) is 32.3 Å². The van der Waals surface area contributed by atoms with E-state index in [1.807, 2.05) is 38.1 Å². The summed E-state index contributed by atoms with van der Waals surface area (Å²) in [5.74, 6) is -1.41. The van der Waals surface area contributed by atoms with Gasteiger partial charge >= 0.3 is 0 Å². The fourth-order valence-corrected chi connectivity index (χ4v) is 10.9. The Morgan fingerprint density at radius 3 is 1.30 bits per heavy atom. The predicted molar refractivity (Wildman–Crippen MR) is 223 cm³/mol. The van der Waals surface area contributed by atoms with Gasteiger partial charge in [-0.25, -0.2) is 0 Å². The van der Waals surface area contributed by atoms with Gasteiger partial charge < -0.3 is 39.8 Å². The van der Waals surface area contributed by atoms with Crippen LogP contribution in [0.4, 0.5) is 0 Å². The lowest BCUT2D eigenvalue weighted by Gasteiger charge is -2.34. The van der Waals surface area contributed by atoms with Crippen molar-refractivity contribution in [3.05, 3.63) is 79.6 Å². The molecule has 0 aromatic carbocycles. The molecule has 6 heterocycles. The molecule has 14 heteroatoms. The molecule has 320 valence electrons. The second kappa shape index (κ2) is 16.2. The summed E-state index contributed by atoms with van der Waals surface area (Å²) in [7, 11) is 0. The Morgan fingerprint density at radius 2 is 1.00 bits per heavy atom. The maximum absolute atomic E-state index is 13.3. The van der Waals surface area contributed by atoms with Gasteiger partial charge in [-0.15, -0.1) is 0 Å². The molecule has 4 aliphatic carbocycles. The van der Waals surface area contributed by atoms with Crippen LogP contribution in [0.1, 0.15) is 113 Å². The van der Waals surface area contributed by atoms with Gasteiger partial charge in [-0.05, 0) is 102 Å². The van der Waals surface area contributed by atoms with Crippen molar-refractivity contribution >= 4 is 35.8 Å². The lowest BCUT2D eigenvalue weighted by Crippen LogP contribution is -2.54. The highest BCUT2D eigenvalue weighted by molar-refractivity contribution is 5.92. The van der Waals surface area contributed by atoms with Gasteiger partial charge in [0.15, 0.2) is 0 Å². The van der Waals surface area contributed by atoms with Crippen molar-refractivity contribution in [2.75, 3.05) is 13.2 Å². The molecule has 4 N–H and O–H groups in total. The molecule has 14 nitrogen and oxygen atoms in total. The Bertz CT molecular complexity index is 2070. The topological polar surface area (TPSA) is 183 Å². The molecular formula is C46H58N6O8. The number of aliphatic hydroxyl groups is 2. The molecule has 10 rings (SSSR count). The molecule has 4 amide bonds. The van der Waals surface area contributed by atoms with Crippen molar-refractivity contribution < 1.29 is 29.4 Å². The van der Waals surface area contributed by atoms with Gasteiger partial charge in [-0.3, -0.25) is 28.8 Å². The van der Waals surface area contributed by atoms with Crippen LogP contribution in [0.25, 0.3) is 12.2 Å². The standard InChI is InChI=1S/2C23H29N3O4/c2*1-2-4-13-9-10-18-19-16(11-25(18)22(13)29)17(12-27)20(21(28)24-15-5-3-6-15)26(19)23(30)14-7-8-14/h2*2,4,9-10,14-17,19-20,27H,3,5-8,11-12H2,1H3,(H,24,28)/b4-2+;4-2-/t2*16-,17-,19+,20-/m00/s1. The molecule has 6 fully saturated rings. The zero-order chi connectivity index (χ0) is 42.0.